The molecule has 0 radical (unpaired) electrons. The van der Waals surface area contributed by atoms with Gasteiger partial charge in [0.1, 0.15) is 5.56 Å². The molecule has 9 heteroatoms. The van der Waals surface area contributed by atoms with E-state index < -0.39 is 5.91 Å². The molecule has 0 spiro atoms. The zero-order chi connectivity index (χ0) is 24.9. The highest BCUT2D eigenvalue weighted by atomic mass is 79.9. The Kier molecular flexibility index (Phi) is 8.26. The Morgan fingerprint density at radius 2 is 2.06 bits per heavy atom. The topological polar surface area (TPSA) is 79.4 Å². The highest BCUT2D eigenvalue weighted by Crippen LogP contribution is 2.33. The molecule has 184 valence electrons. The van der Waals surface area contributed by atoms with Crippen molar-refractivity contribution in [2.75, 3.05) is 37.9 Å². The minimum absolute atomic E-state index is 0.166. The van der Waals surface area contributed by atoms with E-state index >= 15 is 0 Å². The predicted octanol–water partition coefficient (Wildman–Crippen LogP) is 6.40. The highest BCUT2D eigenvalue weighted by Gasteiger charge is 2.20. The van der Waals surface area contributed by atoms with E-state index in [1.807, 2.05) is 0 Å². The van der Waals surface area contributed by atoms with Gasteiger partial charge in [-0.1, -0.05) is 23.7 Å². The summed E-state index contributed by atoms with van der Waals surface area (Å²) in [7, 11) is 3.67. The van der Waals surface area contributed by atoms with Crippen molar-refractivity contribution in [2.24, 2.45) is 0 Å². The maximum absolute atomic E-state index is 12.9. The number of amides is 1. The molecule has 1 amide bonds. The molecule has 1 unspecified atom stereocenters. The second kappa shape index (κ2) is 11.4. The number of methoxy groups -OCH3 is 1. The third-order valence-corrected chi connectivity index (χ3v) is 7.29. The lowest BCUT2D eigenvalue weighted by atomic mass is 9.89. The van der Waals surface area contributed by atoms with E-state index in [0.29, 0.717) is 27.0 Å². The molecule has 4 rings (SSSR count). The van der Waals surface area contributed by atoms with Gasteiger partial charge < -0.3 is 20.3 Å². The predicted molar refractivity (Wildman–Crippen MR) is 144 cm³/mol. The molecule has 1 saturated heterocycles. The number of nitrogens with zero attached hydrogens (tertiary/aromatic N) is 3. The van der Waals surface area contributed by atoms with Gasteiger partial charge in [-0.15, -0.1) is 0 Å². The second-order valence-corrected chi connectivity index (χ2v) is 10.1. The minimum atomic E-state index is -0.420. The molecule has 7 nitrogen and oxygen atoms in total. The van der Waals surface area contributed by atoms with Crippen molar-refractivity contribution < 1.29 is 9.53 Å². The third-order valence-electron chi connectivity index (χ3n) is 6.31. The molecule has 1 aliphatic rings. The lowest BCUT2D eigenvalue weighted by molar-refractivity contribution is 0.102. The molecule has 2 heterocycles. The zero-order valence-electron chi connectivity index (χ0n) is 20.1. The van der Waals surface area contributed by atoms with Crippen LogP contribution in [0.1, 0.15) is 46.7 Å². The van der Waals surface area contributed by atoms with Crippen molar-refractivity contribution in [2.45, 2.75) is 32.1 Å². The molecular formula is C26H29BrClN5O2. The zero-order valence-corrected chi connectivity index (χ0v) is 22.4. The van der Waals surface area contributed by atoms with Crippen molar-refractivity contribution >= 4 is 50.8 Å². The monoisotopic (exact) mass is 557 g/mol. The summed E-state index contributed by atoms with van der Waals surface area (Å²) in [6.45, 7) is 4.44. The number of halogens is 2. The highest BCUT2D eigenvalue weighted by molar-refractivity contribution is 9.10. The Hall–Kier alpha value is -2.68. The molecule has 3 aromatic rings. The van der Waals surface area contributed by atoms with Gasteiger partial charge in [0.25, 0.3) is 5.91 Å². The van der Waals surface area contributed by atoms with Gasteiger partial charge in [-0.3, -0.25) is 4.79 Å². The van der Waals surface area contributed by atoms with Gasteiger partial charge in [0.05, 0.1) is 17.8 Å². The maximum Gasteiger partial charge on any atom is 0.262 e. The first kappa shape index (κ1) is 25.4. The third kappa shape index (κ3) is 6.12. The molecule has 1 fully saturated rings. The Morgan fingerprint density at radius 3 is 2.80 bits per heavy atom. The number of benzene rings is 2. The normalized spacial score (nSPS) is 16.4. The Labute approximate surface area is 219 Å². The van der Waals surface area contributed by atoms with E-state index in [0.717, 1.165) is 18.8 Å². The van der Waals surface area contributed by atoms with Crippen LogP contribution in [0.4, 0.5) is 17.3 Å². The number of likely N-dealkylation sites (tertiary alicyclic amines) is 1. The number of ether oxygens (including phenoxy) is 1. The number of aryl methyl sites for hydroxylation is 1. The molecule has 1 atom stereocenters. The molecule has 0 saturated carbocycles. The number of rotatable bonds is 6. The fourth-order valence-electron chi connectivity index (χ4n) is 4.43. The van der Waals surface area contributed by atoms with Crippen LogP contribution in [0.15, 0.2) is 47.1 Å². The lowest BCUT2D eigenvalue weighted by Gasteiger charge is -2.19. The van der Waals surface area contributed by atoms with Crippen molar-refractivity contribution in [3.8, 4) is 5.88 Å². The smallest absolute Gasteiger partial charge is 0.262 e. The summed E-state index contributed by atoms with van der Waals surface area (Å²) in [5, 5.41) is 6.44. The van der Waals surface area contributed by atoms with Crippen LogP contribution in [0, 0.1) is 6.92 Å². The largest absolute Gasteiger partial charge is 0.480 e. The summed E-state index contributed by atoms with van der Waals surface area (Å²) in [6.07, 6.45) is 5.06. The van der Waals surface area contributed by atoms with E-state index in [9.17, 15) is 4.79 Å². The number of carbonyl (C=O) groups excluding carboxylic acids is 1. The quantitative estimate of drug-likeness (QED) is 0.364. The molecule has 0 aliphatic carbocycles. The van der Waals surface area contributed by atoms with Crippen LogP contribution in [0.5, 0.6) is 5.88 Å². The first-order valence-electron chi connectivity index (χ1n) is 11.6. The summed E-state index contributed by atoms with van der Waals surface area (Å²) >= 11 is 9.62. The molecule has 0 bridgehead atoms. The maximum atomic E-state index is 12.9. The molecule has 2 aromatic carbocycles. The molecule has 35 heavy (non-hydrogen) atoms. The van der Waals surface area contributed by atoms with Crippen molar-refractivity contribution in [3.05, 3.63) is 68.8 Å². The number of hydrogen-bond acceptors (Lipinski definition) is 6. The van der Waals surface area contributed by atoms with Crippen LogP contribution < -0.4 is 15.4 Å². The van der Waals surface area contributed by atoms with Crippen LogP contribution in [-0.2, 0) is 0 Å². The SMILES string of the molecule is COc1nc(Nc2ccc(C3CCCN(C)CC3)c(C)c2)ncc1C(=O)Nc1c(Cl)cccc1Br. The standard InChI is InChI=1S/C26H29BrClN5O2/c1-16-14-18(9-10-19(16)17-6-5-12-33(2)13-11-17)30-26-29-15-20(25(32-26)35-3)24(34)31-23-21(27)7-4-8-22(23)28/h4,7-10,14-15,17H,5-6,11-13H2,1-3H3,(H,31,34)(H,29,30,32). The molecular weight excluding hydrogens is 530 g/mol. The number of anilines is 3. The van der Waals surface area contributed by atoms with E-state index in [1.165, 1.54) is 43.7 Å². The number of carbonyl (C=O) groups is 1. The van der Waals surface area contributed by atoms with Gasteiger partial charge in [-0.2, -0.15) is 4.98 Å². The van der Waals surface area contributed by atoms with E-state index in [1.54, 1.807) is 18.2 Å². The molecule has 1 aliphatic heterocycles. The number of nitrogens with one attached hydrogen (secondary N) is 2. The first-order chi connectivity index (χ1) is 16.9. The molecule has 1 aromatic heterocycles. The van der Waals surface area contributed by atoms with Crippen LogP contribution in [0.25, 0.3) is 0 Å². The summed E-state index contributed by atoms with van der Waals surface area (Å²) in [4.78, 5) is 24.0. The van der Waals surface area contributed by atoms with Crippen LogP contribution >= 0.6 is 27.5 Å². The van der Waals surface area contributed by atoms with Crippen LogP contribution in [0.2, 0.25) is 5.02 Å². The summed E-state index contributed by atoms with van der Waals surface area (Å²) in [6, 6.07) is 11.7. The molecule has 2 N–H and O–H groups in total. The number of aromatic nitrogens is 2. The Bertz CT molecular complexity index is 1200. The van der Waals surface area contributed by atoms with Crippen molar-refractivity contribution in [3.63, 3.8) is 0 Å². The van der Waals surface area contributed by atoms with Gasteiger partial charge in [0, 0.05) is 16.4 Å². The van der Waals surface area contributed by atoms with Crippen molar-refractivity contribution in [1.82, 2.24) is 14.9 Å². The number of para-hydroxylation sites is 1. The van der Waals surface area contributed by atoms with E-state index in [4.69, 9.17) is 16.3 Å². The summed E-state index contributed by atoms with van der Waals surface area (Å²) in [5.41, 5.74) is 4.21. The van der Waals surface area contributed by atoms with Gasteiger partial charge in [0.2, 0.25) is 11.8 Å². The average Bonchev–Trinajstić information content (AvgIpc) is 3.05. The van der Waals surface area contributed by atoms with E-state index in [2.05, 4.69) is 73.6 Å². The summed E-state index contributed by atoms with van der Waals surface area (Å²) in [5.74, 6) is 0.678. The van der Waals surface area contributed by atoms with Gasteiger partial charge in [-0.05, 0) is 104 Å². The van der Waals surface area contributed by atoms with Crippen LogP contribution in [0.3, 0.4) is 0 Å². The van der Waals surface area contributed by atoms with Gasteiger partial charge >= 0.3 is 0 Å². The Morgan fingerprint density at radius 1 is 1.23 bits per heavy atom. The van der Waals surface area contributed by atoms with Gasteiger partial charge in [0.15, 0.2) is 0 Å². The minimum Gasteiger partial charge on any atom is -0.480 e. The fraction of sp³-hybridized carbons (Fsp3) is 0.346. The average molecular weight is 559 g/mol. The number of hydrogen-bond donors (Lipinski definition) is 2. The van der Waals surface area contributed by atoms with E-state index in [-0.39, 0.29) is 11.4 Å². The van der Waals surface area contributed by atoms with Crippen LogP contribution in [-0.4, -0.2) is 48.0 Å². The lowest BCUT2D eigenvalue weighted by Crippen LogP contribution is -2.18. The van der Waals surface area contributed by atoms with Crippen molar-refractivity contribution in [1.29, 1.82) is 0 Å². The second-order valence-electron chi connectivity index (χ2n) is 8.79. The Balaban J connectivity index is 1.49. The fourth-order valence-corrected chi connectivity index (χ4v) is 5.23. The van der Waals surface area contributed by atoms with Gasteiger partial charge in [-0.25, -0.2) is 4.98 Å². The summed E-state index contributed by atoms with van der Waals surface area (Å²) < 4.78 is 6.06. The first-order valence-corrected chi connectivity index (χ1v) is 12.8.